The Bertz CT molecular complexity index is 369. The van der Waals surface area contributed by atoms with Crippen molar-refractivity contribution in [1.82, 2.24) is 4.98 Å². The lowest BCUT2D eigenvalue weighted by atomic mass is 10.1. The number of nitrogen functional groups attached to an aromatic ring is 1. The molecule has 1 rings (SSSR count). The van der Waals surface area contributed by atoms with Crippen LogP contribution in [0.1, 0.15) is 18.2 Å². The van der Waals surface area contributed by atoms with Crippen LogP contribution < -0.4 is 5.73 Å². The van der Waals surface area contributed by atoms with Crippen LogP contribution in [-0.2, 0) is 6.18 Å². The van der Waals surface area contributed by atoms with Gasteiger partial charge in [-0.25, -0.2) is 4.98 Å². The molecule has 0 aliphatic rings. The first-order valence-corrected chi connectivity index (χ1v) is 3.81. The molecule has 0 bridgehead atoms. The van der Waals surface area contributed by atoms with Crippen molar-refractivity contribution in [2.75, 3.05) is 5.73 Å². The molecule has 0 spiro atoms. The molecule has 2 nitrogen and oxygen atoms in total. The number of halogens is 3. The average molecular weight is 202 g/mol. The van der Waals surface area contributed by atoms with Crippen LogP contribution in [0.2, 0.25) is 0 Å². The average Bonchev–Trinajstić information content (AvgIpc) is 2.01. The number of anilines is 1. The molecule has 0 aliphatic carbocycles. The smallest absolute Gasteiger partial charge is 0.384 e. The summed E-state index contributed by atoms with van der Waals surface area (Å²) in [4.78, 5) is 3.73. The Morgan fingerprint density at radius 3 is 2.43 bits per heavy atom. The lowest BCUT2D eigenvalue weighted by Gasteiger charge is -2.09. The Kier molecular flexibility index (Phi) is 2.51. The first-order valence-electron chi connectivity index (χ1n) is 3.81. The van der Waals surface area contributed by atoms with Gasteiger partial charge in [-0.3, -0.25) is 0 Å². The van der Waals surface area contributed by atoms with Crippen molar-refractivity contribution in [2.45, 2.75) is 13.1 Å². The van der Waals surface area contributed by atoms with Crippen LogP contribution in [0, 0.1) is 0 Å². The van der Waals surface area contributed by atoms with Gasteiger partial charge in [-0.05, 0) is 24.6 Å². The summed E-state index contributed by atoms with van der Waals surface area (Å²) in [6.45, 7) is 5.08. The summed E-state index contributed by atoms with van der Waals surface area (Å²) in [7, 11) is 0. The predicted molar refractivity (Wildman–Crippen MR) is 48.4 cm³/mol. The molecule has 0 atom stereocenters. The zero-order valence-electron chi connectivity index (χ0n) is 7.52. The van der Waals surface area contributed by atoms with Gasteiger partial charge in [0.05, 0.1) is 11.3 Å². The van der Waals surface area contributed by atoms with Crippen LogP contribution in [0.15, 0.2) is 18.7 Å². The lowest BCUT2D eigenvalue weighted by Crippen LogP contribution is -2.08. The zero-order chi connectivity index (χ0) is 10.9. The van der Waals surface area contributed by atoms with E-state index in [9.17, 15) is 13.2 Å². The molecular formula is C9H9F3N2. The van der Waals surface area contributed by atoms with Crippen LogP contribution in [0.4, 0.5) is 19.0 Å². The molecule has 0 unspecified atom stereocenters. The van der Waals surface area contributed by atoms with Gasteiger partial charge in [0, 0.05) is 0 Å². The van der Waals surface area contributed by atoms with Crippen LogP contribution in [0.5, 0.6) is 0 Å². The Hall–Kier alpha value is -1.52. The largest absolute Gasteiger partial charge is 0.416 e. The van der Waals surface area contributed by atoms with Crippen molar-refractivity contribution in [3.8, 4) is 0 Å². The third kappa shape index (κ3) is 2.25. The number of hydrogen-bond donors (Lipinski definition) is 1. The number of nitrogens with zero attached hydrogens (tertiary/aromatic N) is 1. The summed E-state index contributed by atoms with van der Waals surface area (Å²) < 4.78 is 36.9. The van der Waals surface area contributed by atoms with E-state index < -0.39 is 11.7 Å². The molecule has 0 saturated carbocycles. The maximum atomic E-state index is 12.3. The highest BCUT2D eigenvalue weighted by molar-refractivity contribution is 5.60. The number of allylic oxidation sites excluding steroid dienone is 1. The van der Waals surface area contributed by atoms with E-state index in [0.29, 0.717) is 5.57 Å². The maximum Gasteiger partial charge on any atom is 0.416 e. The Balaban J connectivity index is 3.28. The molecule has 1 aromatic heterocycles. The molecule has 0 fully saturated rings. The van der Waals surface area contributed by atoms with E-state index in [4.69, 9.17) is 5.73 Å². The third-order valence-corrected chi connectivity index (χ3v) is 1.61. The second-order valence-electron chi connectivity index (χ2n) is 2.94. The van der Waals surface area contributed by atoms with Gasteiger partial charge >= 0.3 is 6.18 Å². The second-order valence-corrected chi connectivity index (χ2v) is 2.94. The number of pyridine rings is 1. The Morgan fingerprint density at radius 1 is 1.43 bits per heavy atom. The van der Waals surface area contributed by atoms with Crippen molar-refractivity contribution < 1.29 is 13.2 Å². The molecule has 76 valence electrons. The number of alkyl halides is 3. The third-order valence-electron chi connectivity index (χ3n) is 1.61. The van der Waals surface area contributed by atoms with Gasteiger partial charge in [-0.15, -0.1) is 0 Å². The van der Waals surface area contributed by atoms with Crippen LogP contribution in [-0.4, -0.2) is 4.98 Å². The molecule has 14 heavy (non-hydrogen) atoms. The molecule has 0 amide bonds. The fourth-order valence-electron chi connectivity index (χ4n) is 0.934. The van der Waals surface area contributed by atoms with Crippen molar-refractivity contribution in [1.29, 1.82) is 0 Å². The molecular weight excluding hydrogens is 193 g/mol. The molecule has 2 N–H and O–H groups in total. The topological polar surface area (TPSA) is 38.9 Å². The van der Waals surface area contributed by atoms with E-state index in [2.05, 4.69) is 11.6 Å². The quantitative estimate of drug-likeness (QED) is 0.760. The zero-order valence-corrected chi connectivity index (χ0v) is 7.52. The molecule has 0 saturated heterocycles. The van der Waals surface area contributed by atoms with Crippen LogP contribution >= 0.6 is 0 Å². The lowest BCUT2D eigenvalue weighted by molar-refractivity contribution is -0.137. The highest BCUT2D eigenvalue weighted by atomic mass is 19.4. The highest BCUT2D eigenvalue weighted by Crippen LogP contribution is 2.31. The fourth-order valence-corrected chi connectivity index (χ4v) is 0.934. The van der Waals surface area contributed by atoms with Crippen LogP contribution in [0.3, 0.4) is 0 Å². The SMILES string of the molecule is C=C(C)c1cc(C(F)(F)F)cc(N)n1. The van der Waals surface area contributed by atoms with Crippen molar-refractivity contribution in [2.24, 2.45) is 0 Å². The minimum Gasteiger partial charge on any atom is -0.384 e. The van der Waals surface area contributed by atoms with Crippen molar-refractivity contribution in [3.05, 3.63) is 30.0 Å². The summed E-state index contributed by atoms with van der Waals surface area (Å²) in [6, 6.07) is 1.73. The molecule has 5 heteroatoms. The minimum atomic E-state index is -4.40. The van der Waals surface area contributed by atoms with Gasteiger partial charge in [-0.1, -0.05) is 6.58 Å². The fraction of sp³-hybridized carbons (Fsp3) is 0.222. The summed E-state index contributed by atoms with van der Waals surface area (Å²) in [5.41, 5.74) is 5.05. The van der Waals surface area contributed by atoms with E-state index in [1.165, 1.54) is 0 Å². The van der Waals surface area contributed by atoms with Gasteiger partial charge < -0.3 is 5.73 Å². The van der Waals surface area contributed by atoms with E-state index in [-0.39, 0.29) is 11.5 Å². The summed E-state index contributed by atoms with van der Waals surface area (Å²) in [6.07, 6.45) is -4.40. The summed E-state index contributed by atoms with van der Waals surface area (Å²) in [5, 5.41) is 0. The number of rotatable bonds is 1. The van der Waals surface area contributed by atoms with Gasteiger partial charge in [0.15, 0.2) is 0 Å². The molecule has 1 heterocycles. The summed E-state index contributed by atoms with van der Waals surface area (Å²) >= 11 is 0. The normalized spacial score (nSPS) is 11.4. The van der Waals surface area contributed by atoms with Gasteiger partial charge in [-0.2, -0.15) is 13.2 Å². The molecule has 0 aliphatic heterocycles. The Morgan fingerprint density at radius 2 is 2.00 bits per heavy atom. The monoisotopic (exact) mass is 202 g/mol. The van der Waals surface area contributed by atoms with Crippen molar-refractivity contribution >= 4 is 11.4 Å². The standard InChI is InChI=1S/C9H9F3N2/c1-5(2)7-3-6(9(10,11)12)4-8(13)14-7/h3-4H,1H2,2H3,(H2,13,14). The van der Waals surface area contributed by atoms with Crippen molar-refractivity contribution in [3.63, 3.8) is 0 Å². The molecule has 0 aromatic carbocycles. The number of hydrogen-bond acceptors (Lipinski definition) is 2. The molecule has 0 radical (unpaired) electrons. The van der Waals surface area contributed by atoms with Gasteiger partial charge in [0.2, 0.25) is 0 Å². The van der Waals surface area contributed by atoms with Gasteiger partial charge in [0.25, 0.3) is 0 Å². The maximum absolute atomic E-state index is 12.3. The minimum absolute atomic E-state index is 0.155. The van der Waals surface area contributed by atoms with E-state index >= 15 is 0 Å². The second kappa shape index (κ2) is 3.32. The Labute approximate surface area is 79.3 Å². The highest BCUT2D eigenvalue weighted by Gasteiger charge is 2.31. The first-order chi connectivity index (χ1) is 6.30. The van der Waals surface area contributed by atoms with Gasteiger partial charge in [0.1, 0.15) is 5.82 Å². The first kappa shape index (κ1) is 10.6. The van der Waals surface area contributed by atoms with E-state index in [1.807, 2.05) is 0 Å². The number of aromatic nitrogens is 1. The number of nitrogens with two attached hydrogens (primary N) is 1. The predicted octanol–water partition coefficient (Wildman–Crippen LogP) is 2.72. The van der Waals surface area contributed by atoms with E-state index in [1.54, 1.807) is 6.92 Å². The summed E-state index contributed by atoms with van der Waals surface area (Å²) in [5.74, 6) is -0.155. The van der Waals surface area contributed by atoms with E-state index in [0.717, 1.165) is 12.1 Å². The van der Waals surface area contributed by atoms with Crippen LogP contribution in [0.25, 0.3) is 5.57 Å². The molecule has 1 aromatic rings.